The summed E-state index contributed by atoms with van der Waals surface area (Å²) in [7, 11) is 0. The molecule has 2 N–H and O–H groups in total. The number of anilines is 1. The quantitative estimate of drug-likeness (QED) is 0.904. The lowest BCUT2D eigenvalue weighted by Crippen LogP contribution is -2.48. The van der Waals surface area contributed by atoms with Gasteiger partial charge in [-0.1, -0.05) is 26.3 Å². The molecule has 4 nitrogen and oxygen atoms in total. The lowest BCUT2D eigenvalue weighted by Gasteiger charge is -2.37. The SMILES string of the molecule is CCCC(N)c1ccc2c(c1)N(C(C)C)C(=O)C(CC)O2. The third kappa shape index (κ3) is 3.05. The van der Waals surface area contributed by atoms with Gasteiger partial charge in [0.05, 0.1) is 5.69 Å². The zero-order valence-corrected chi connectivity index (χ0v) is 13.4. The van der Waals surface area contributed by atoms with Crippen molar-refractivity contribution in [1.82, 2.24) is 0 Å². The maximum atomic E-state index is 12.5. The van der Waals surface area contributed by atoms with Crippen LogP contribution in [0.2, 0.25) is 0 Å². The van der Waals surface area contributed by atoms with Gasteiger partial charge in [-0.25, -0.2) is 0 Å². The van der Waals surface area contributed by atoms with E-state index in [1.54, 1.807) is 0 Å². The standard InChI is InChI=1S/C17H26N2O2/c1-5-7-13(18)12-8-9-16-14(10-12)19(11(3)4)17(20)15(6-2)21-16/h8-11,13,15H,5-7,18H2,1-4H3. The first-order chi connectivity index (χ1) is 9.99. The topological polar surface area (TPSA) is 55.6 Å². The Labute approximate surface area is 127 Å². The fourth-order valence-corrected chi connectivity index (χ4v) is 2.80. The van der Waals surface area contributed by atoms with E-state index >= 15 is 0 Å². The van der Waals surface area contributed by atoms with E-state index in [1.807, 2.05) is 43.9 Å². The molecule has 0 aromatic heterocycles. The van der Waals surface area contributed by atoms with Crippen molar-refractivity contribution >= 4 is 11.6 Å². The summed E-state index contributed by atoms with van der Waals surface area (Å²) in [5.41, 5.74) is 8.12. The number of ether oxygens (including phenoxy) is 1. The Kier molecular flexibility index (Phi) is 4.88. The number of rotatable bonds is 5. The van der Waals surface area contributed by atoms with Gasteiger partial charge in [0.2, 0.25) is 0 Å². The number of nitrogens with zero attached hydrogens (tertiary/aromatic N) is 1. The second-order valence-electron chi connectivity index (χ2n) is 5.94. The Morgan fingerprint density at radius 2 is 2.05 bits per heavy atom. The number of fused-ring (bicyclic) bond motifs is 1. The van der Waals surface area contributed by atoms with E-state index in [9.17, 15) is 4.79 Å². The lowest BCUT2D eigenvalue weighted by atomic mass is 10.0. The van der Waals surface area contributed by atoms with Crippen molar-refractivity contribution in [2.24, 2.45) is 5.73 Å². The summed E-state index contributed by atoms with van der Waals surface area (Å²) < 4.78 is 5.84. The van der Waals surface area contributed by atoms with E-state index in [4.69, 9.17) is 10.5 Å². The smallest absolute Gasteiger partial charge is 0.268 e. The first-order valence-corrected chi connectivity index (χ1v) is 7.88. The summed E-state index contributed by atoms with van der Waals surface area (Å²) in [6.07, 6.45) is 2.28. The maximum absolute atomic E-state index is 12.5. The van der Waals surface area contributed by atoms with Crippen LogP contribution in [-0.4, -0.2) is 18.1 Å². The Morgan fingerprint density at radius 3 is 2.62 bits per heavy atom. The summed E-state index contributed by atoms with van der Waals surface area (Å²) in [4.78, 5) is 14.4. The molecule has 1 heterocycles. The molecule has 0 fully saturated rings. The van der Waals surface area contributed by atoms with Crippen LogP contribution in [0.15, 0.2) is 18.2 Å². The molecule has 116 valence electrons. The minimum atomic E-state index is -0.380. The number of carbonyl (C=O) groups excluding carboxylic acids is 1. The summed E-state index contributed by atoms with van der Waals surface area (Å²) >= 11 is 0. The molecule has 0 aliphatic carbocycles. The predicted octanol–water partition coefficient (Wildman–Crippen LogP) is 3.40. The van der Waals surface area contributed by atoms with Crippen LogP contribution >= 0.6 is 0 Å². The van der Waals surface area contributed by atoms with E-state index in [0.717, 1.165) is 29.8 Å². The Balaban J connectivity index is 2.42. The van der Waals surface area contributed by atoms with Crippen LogP contribution in [0, 0.1) is 0 Å². The molecule has 2 rings (SSSR count). The molecule has 1 amide bonds. The van der Waals surface area contributed by atoms with Crippen LogP contribution in [0.3, 0.4) is 0 Å². The minimum absolute atomic E-state index is 0.00770. The van der Waals surface area contributed by atoms with Crippen molar-refractivity contribution in [1.29, 1.82) is 0 Å². The van der Waals surface area contributed by atoms with Gasteiger partial charge in [0, 0.05) is 12.1 Å². The van der Waals surface area contributed by atoms with Gasteiger partial charge in [0.25, 0.3) is 5.91 Å². The van der Waals surface area contributed by atoms with Gasteiger partial charge in [-0.15, -0.1) is 0 Å². The van der Waals surface area contributed by atoms with Gasteiger partial charge < -0.3 is 15.4 Å². The molecule has 1 aliphatic heterocycles. The van der Waals surface area contributed by atoms with Crippen LogP contribution < -0.4 is 15.4 Å². The number of amides is 1. The number of carbonyl (C=O) groups is 1. The van der Waals surface area contributed by atoms with Gasteiger partial charge in [0.15, 0.2) is 6.10 Å². The fourth-order valence-electron chi connectivity index (χ4n) is 2.80. The highest BCUT2D eigenvalue weighted by Crippen LogP contribution is 2.38. The summed E-state index contributed by atoms with van der Waals surface area (Å²) in [5.74, 6) is 0.823. The minimum Gasteiger partial charge on any atom is -0.478 e. The van der Waals surface area contributed by atoms with E-state index in [0.29, 0.717) is 6.42 Å². The summed E-state index contributed by atoms with van der Waals surface area (Å²) in [5, 5.41) is 0. The molecule has 0 spiro atoms. The number of hydrogen-bond donors (Lipinski definition) is 1. The highest BCUT2D eigenvalue weighted by Gasteiger charge is 2.35. The maximum Gasteiger partial charge on any atom is 0.268 e. The molecular formula is C17H26N2O2. The monoisotopic (exact) mass is 290 g/mol. The number of nitrogens with two attached hydrogens (primary N) is 1. The van der Waals surface area contributed by atoms with Gasteiger partial charge in [-0.05, 0) is 44.4 Å². The van der Waals surface area contributed by atoms with Crippen LogP contribution in [0.4, 0.5) is 5.69 Å². The van der Waals surface area contributed by atoms with Crippen molar-refractivity contribution < 1.29 is 9.53 Å². The molecule has 21 heavy (non-hydrogen) atoms. The van der Waals surface area contributed by atoms with Crippen molar-refractivity contribution in [3.05, 3.63) is 23.8 Å². The molecule has 0 saturated heterocycles. The van der Waals surface area contributed by atoms with Crippen LogP contribution in [0.5, 0.6) is 5.75 Å². The highest BCUT2D eigenvalue weighted by molar-refractivity contribution is 6.00. The van der Waals surface area contributed by atoms with Gasteiger partial charge in [-0.3, -0.25) is 4.79 Å². The first kappa shape index (κ1) is 15.8. The summed E-state index contributed by atoms with van der Waals surface area (Å²) in [6, 6.07) is 6.09. The Hall–Kier alpha value is -1.55. The van der Waals surface area contributed by atoms with Crippen molar-refractivity contribution in [2.45, 2.75) is 65.1 Å². The second-order valence-corrected chi connectivity index (χ2v) is 5.94. The molecule has 2 atom stereocenters. The lowest BCUT2D eigenvalue weighted by molar-refractivity contribution is -0.126. The van der Waals surface area contributed by atoms with E-state index < -0.39 is 0 Å². The molecule has 1 aromatic rings. The number of benzene rings is 1. The molecule has 4 heteroatoms. The second kappa shape index (κ2) is 6.48. The Bertz CT molecular complexity index is 514. The van der Waals surface area contributed by atoms with Gasteiger partial charge >= 0.3 is 0 Å². The largest absolute Gasteiger partial charge is 0.478 e. The first-order valence-electron chi connectivity index (χ1n) is 7.88. The molecule has 0 saturated carbocycles. The van der Waals surface area contributed by atoms with Gasteiger partial charge in [0.1, 0.15) is 5.75 Å². The van der Waals surface area contributed by atoms with Crippen LogP contribution in [0.1, 0.15) is 58.6 Å². The van der Waals surface area contributed by atoms with E-state index in [1.165, 1.54) is 0 Å². The molecular weight excluding hydrogens is 264 g/mol. The third-order valence-electron chi connectivity index (χ3n) is 3.94. The summed E-state index contributed by atoms with van der Waals surface area (Å²) in [6.45, 7) is 8.14. The zero-order chi connectivity index (χ0) is 15.6. The molecule has 1 aromatic carbocycles. The zero-order valence-electron chi connectivity index (χ0n) is 13.4. The Morgan fingerprint density at radius 1 is 1.33 bits per heavy atom. The normalized spacial score (nSPS) is 19.4. The highest BCUT2D eigenvalue weighted by atomic mass is 16.5. The van der Waals surface area contributed by atoms with Crippen molar-refractivity contribution in [3.63, 3.8) is 0 Å². The van der Waals surface area contributed by atoms with Crippen molar-refractivity contribution in [2.75, 3.05) is 4.90 Å². The van der Waals surface area contributed by atoms with E-state index in [-0.39, 0.29) is 24.1 Å². The third-order valence-corrected chi connectivity index (χ3v) is 3.94. The molecule has 0 radical (unpaired) electrons. The average molecular weight is 290 g/mol. The van der Waals surface area contributed by atoms with Gasteiger partial charge in [-0.2, -0.15) is 0 Å². The van der Waals surface area contributed by atoms with Crippen LogP contribution in [0.25, 0.3) is 0 Å². The van der Waals surface area contributed by atoms with Crippen molar-refractivity contribution in [3.8, 4) is 5.75 Å². The molecule has 2 unspecified atom stereocenters. The average Bonchev–Trinajstić information content (AvgIpc) is 2.45. The molecule has 1 aliphatic rings. The van der Waals surface area contributed by atoms with E-state index in [2.05, 4.69) is 6.92 Å². The molecule has 0 bridgehead atoms. The predicted molar refractivity (Wildman–Crippen MR) is 85.6 cm³/mol. The number of hydrogen-bond acceptors (Lipinski definition) is 3. The fraction of sp³-hybridized carbons (Fsp3) is 0.588. The van der Waals surface area contributed by atoms with Crippen LogP contribution in [-0.2, 0) is 4.79 Å².